The van der Waals surface area contributed by atoms with Crippen LogP contribution in [-0.4, -0.2) is 47.8 Å². The van der Waals surface area contributed by atoms with Crippen LogP contribution in [0.4, 0.5) is 0 Å². The number of ether oxygens (including phenoxy) is 1. The fourth-order valence-electron chi connectivity index (χ4n) is 1.55. The molecule has 0 unspecified atom stereocenters. The second-order valence-corrected chi connectivity index (χ2v) is 5.57. The summed E-state index contributed by atoms with van der Waals surface area (Å²) in [6.45, 7) is 6.25. The van der Waals surface area contributed by atoms with Crippen LogP contribution in [0, 0.1) is 0 Å². The molecule has 1 aliphatic heterocycles. The summed E-state index contributed by atoms with van der Waals surface area (Å²) in [4.78, 5) is 22.5. The fourth-order valence-corrected chi connectivity index (χ4v) is 1.55. The largest absolute Gasteiger partial charge is 0.461 e. The molecule has 2 atom stereocenters. The molecule has 1 aliphatic rings. The van der Waals surface area contributed by atoms with E-state index in [2.05, 4.69) is 10.6 Å². The number of esters is 1. The molecular formula is C12H22N2O4. The fraction of sp³-hybridized carbons (Fsp3) is 0.833. The zero-order valence-corrected chi connectivity index (χ0v) is 11.2. The van der Waals surface area contributed by atoms with Gasteiger partial charge in [-0.1, -0.05) is 0 Å². The Morgan fingerprint density at radius 1 is 1.61 bits per heavy atom. The molecule has 6 heteroatoms. The monoisotopic (exact) mass is 258 g/mol. The molecule has 0 aromatic heterocycles. The molecule has 1 rings (SSSR count). The van der Waals surface area contributed by atoms with Gasteiger partial charge in [0.2, 0.25) is 5.91 Å². The van der Waals surface area contributed by atoms with E-state index < -0.39 is 18.1 Å². The highest BCUT2D eigenvalue weighted by molar-refractivity contribution is 5.88. The summed E-state index contributed by atoms with van der Waals surface area (Å²) in [6, 6.07) is -0.555. The van der Waals surface area contributed by atoms with Crippen LogP contribution in [0.5, 0.6) is 0 Å². The molecule has 0 bridgehead atoms. The van der Waals surface area contributed by atoms with Gasteiger partial charge in [0.05, 0.1) is 0 Å². The van der Waals surface area contributed by atoms with Crippen molar-refractivity contribution < 1.29 is 19.4 Å². The van der Waals surface area contributed by atoms with E-state index in [-0.39, 0.29) is 18.1 Å². The van der Waals surface area contributed by atoms with Gasteiger partial charge in [-0.05, 0) is 27.2 Å². The van der Waals surface area contributed by atoms with Gasteiger partial charge in [0.25, 0.3) is 0 Å². The van der Waals surface area contributed by atoms with E-state index in [4.69, 9.17) is 4.74 Å². The minimum atomic E-state index is -0.745. The number of hydrogen-bond acceptors (Lipinski definition) is 5. The van der Waals surface area contributed by atoms with Crippen LogP contribution in [-0.2, 0) is 14.3 Å². The summed E-state index contributed by atoms with van der Waals surface area (Å²) in [5.41, 5.74) is -0.0928. The Hall–Kier alpha value is -1.14. The maximum atomic E-state index is 11.5. The lowest BCUT2D eigenvalue weighted by atomic mass is 10.1. The molecule has 104 valence electrons. The van der Waals surface area contributed by atoms with E-state index in [1.54, 1.807) is 0 Å². The maximum Gasteiger partial charge on any atom is 0.328 e. The summed E-state index contributed by atoms with van der Waals surface area (Å²) in [5.74, 6) is -0.609. The van der Waals surface area contributed by atoms with E-state index >= 15 is 0 Å². The first-order valence-electron chi connectivity index (χ1n) is 6.17. The number of nitrogens with one attached hydrogen (secondary N) is 2. The van der Waals surface area contributed by atoms with E-state index in [0.717, 1.165) is 0 Å². The first kappa shape index (κ1) is 14.9. The van der Waals surface area contributed by atoms with E-state index in [0.29, 0.717) is 19.4 Å². The lowest BCUT2D eigenvalue weighted by Crippen LogP contribution is -2.43. The lowest BCUT2D eigenvalue weighted by Gasteiger charge is -2.23. The number of amides is 1. The van der Waals surface area contributed by atoms with Crippen LogP contribution in [0.25, 0.3) is 0 Å². The first-order valence-corrected chi connectivity index (χ1v) is 6.17. The second-order valence-electron chi connectivity index (χ2n) is 5.57. The highest BCUT2D eigenvalue weighted by Gasteiger charge is 2.28. The van der Waals surface area contributed by atoms with Crippen LogP contribution in [0.2, 0.25) is 0 Å². The molecule has 1 amide bonds. The highest BCUT2D eigenvalue weighted by Crippen LogP contribution is 2.08. The molecule has 0 aromatic rings. The Morgan fingerprint density at radius 3 is 2.78 bits per heavy atom. The van der Waals surface area contributed by atoms with Crippen LogP contribution in [0.3, 0.4) is 0 Å². The molecule has 0 radical (unpaired) electrons. The van der Waals surface area contributed by atoms with Gasteiger partial charge in [-0.2, -0.15) is 0 Å². The molecule has 18 heavy (non-hydrogen) atoms. The number of carbonyl (C=O) groups excluding carboxylic acids is 2. The van der Waals surface area contributed by atoms with E-state index in [9.17, 15) is 14.7 Å². The maximum absolute atomic E-state index is 11.5. The molecule has 6 nitrogen and oxygen atoms in total. The van der Waals surface area contributed by atoms with Crippen molar-refractivity contribution in [2.45, 2.75) is 51.3 Å². The van der Waals surface area contributed by atoms with Crippen molar-refractivity contribution in [1.29, 1.82) is 0 Å². The highest BCUT2D eigenvalue weighted by atomic mass is 16.5. The van der Waals surface area contributed by atoms with Gasteiger partial charge in [-0.25, -0.2) is 4.79 Å². The van der Waals surface area contributed by atoms with Crippen LogP contribution in [0.15, 0.2) is 0 Å². The number of β-amino-alcohol motifs (C(OH)–C–C–N with tert-alkyl or cyclic N) is 1. The zero-order chi connectivity index (χ0) is 13.8. The zero-order valence-electron chi connectivity index (χ0n) is 11.2. The van der Waals surface area contributed by atoms with Gasteiger partial charge in [0, 0.05) is 18.5 Å². The summed E-state index contributed by atoms with van der Waals surface area (Å²) >= 11 is 0. The first-order chi connectivity index (χ1) is 8.28. The minimum Gasteiger partial charge on any atom is -0.461 e. The van der Waals surface area contributed by atoms with Crippen molar-refractivity contribution in [1.82, 2.24) is 10.6 Å². The van der Waals surface area contributed by atoms with Crippen molar-refractivity contribution in [2.24, 2.45) is 0 Å². The van der Waals surface area contributed by atoms with Gasteiger partial charge in [-0.15, -0.1) is 0 Å². The molecule has 3 N–H and O–H groups in total. The van der Waals surface area contributed by atoms with E-state index in [1.165, 1.54) is 0 Å². The Bertz CT molecular complexity index is 312. The Morgan fingerprint density at radius 2 is 2.28 bits per heavy atom. The average molecular weight is 258 g/mol. The smallest absolute Gasteiger partial charge is 0.328 e. The van der Waals surface area contributed by atoms with Crippen LogP contribution < -0.4 is 10.6 Å². The topological polar surface area (TPSA) is 87.7 Å². The average Bonchev–Trinajstić information content (AvgIpc) is 2.69. The molecule has 1 heterocycles. The predicted octanol–water partition coefficient (Wildman–Crippen LogP) is -0.443. The van der Waals surface area contributed by atoms with Gasteiger partial charge in [-0.3, -0.25) is 4.79 Å². The minimum absolute atomic E-state index is 0.0612. The molecule has 0 aliphatic carbocycles. The lowest BCUT2D eigenvalue weighted by molar-refractivity contribution is -0.149. The van der Waals surface area contributed by atoms with Gasteiger partial charge >= 0.3 is 5.97 Å². The SMILES string of the molecule is CC(C)(C)NC[C@H](O)COC(=O)[C@@H]1CCC(=O)N1. The number of rotatable bonds is 5. The normalized spacial score (nSPS) is 21.6. The molecule has 0 saturated carbocycles. The number of carbonyl (C=O) groups is 2. The third-order valence-corrected chi connectivity index (χ3v) is 2.57. The molecular weight excluding hydrogens is 236 g/mol. The van der Waals surface area contributed by atoms with Gasteiger partial charge in [0.1, 0.15) is 18.8 Å². The molecule has 1 saturated heterocycles. The van der Waals surface area contributed by atoms with Crippen molar-refractivity contribution in [3.8, 4) is 0 Å². The van der Waals surface area contributed by atoms with Gasteiger partial charge < -0.3 is 20.5 Å². The Balaban J connectivity index is 2.20. The number of aliphatic hydroxyl groups excluding tert-OH is 1. The third-order valence-electron chi connectivity index (χ3n) is 2.57. The quantitative estimate of drug-likeness (QED) is 0.582. The molecule has 0 aromatic carbocycles. The van der Waals surface area contributed by atoms with Crippen LogP contribution in [0.1, 0.15) is 33.6 Å². The summed E-state index contributed by atoms with van der Waals surface area (Å²) in [5, 5.41) is 15.3. The second kappa shape index (κ2) is 6.15. The number of hydrogen-bond donors (Lipinski definition) is 3. The number of aliphatic hydroxyl groups is 1. The van der Waals surface area contributed by atoms with Crippen LogP contribution >= 0.6 is 0 Å². The third kappa shape index (κ3) is 5.46. The summed E-state index contributed by atoms with van der Waals surface area (Å²) < 4.78 is 4.96. The molecule has 0 spiro atoms. The Kier molecular flexibility index (Phi) is 5.10. The van der Waals surface area contributed by atoms with Crippen molar-refractivity contribution >= 4 is 11.9 Å². The Labute approximate surface area is 107 Å². The van der Waals surface area contributed by atoms with Gasteiger partial charge in [0.15, 0.2) is 0 Å². The summed E-state index contributed by atoms with van der Waals surface area (Å²) in [6.07, 6.45) is 0.0762. The summed E-state index contributed by atoms with van der Waals surface area (Å²) in [7, 11) is 0. The van der Waals surface area contributed by atoms with E-state index in [1.807, 2.05) is 20.8 Å². The van der Waals surface area contributed by atoms with Crippen molar-refractivity contribution in [2.75, 3.05) is 13.2 Å². The predicted molar refractivity (Wildman–Crippen MR) is 65.9 cm³/mol. The standard InChI is InChI=1S/C12H22N2O4/c1-12(2,3)13-6-8(15)7-18-11(17)9-4-5-10(16)14-9/h8-9,13,15H,4-7H2,1-3H3,(H,14,16)/t8-,9-/m0/s1. The molecule has 1 fully saturated rings. The van der Waals surface area contributed by atoms with Crippen molar-refractivity contribution in [3.63, 3.8) is 0 Å². The van der Waals surface area contributed by atoms with Crippen molar-refractivity contribution in [3.05, 3.63) is 0 Å².